The van der Waals surface area contributed by atoms with Crippen molar-refractivity contribution in [1.82, 2.24) is 15.1 Å². The number of ether oxygens (including phenoxy) is 1. The third-order valence-electron chi connectivity index (χ3n) is 2.50. The lowest BCUT2D eigenvalue weighted by molar-refractivity contribution is -0.00362. The van der Waals surface area contributed by atoms with Crippen LogP contribution < -0.4 is 5.32 Å². The highest BCUT2D eigenvalue weighted by atomic mass is 16.5. The van der Waals surface area contributed by atoms with Gasteiger partial charge in [0.1, 0.15) is 5.69 Å². The van der Waals surface area contributed by atoms with E-state index in [-0.39, 0.29) is 11.9 Å². The lowest BCUT2D eigenvalue weighted by atomic mass is 10.2. The van der Waals surface area contributed by atoms with Crippen LogP contribution in [0.25, 0.3) is 0 Å². The average molecular weight is 209 g/mol. The van der Waals surface area contributed by atoms with Crippen LogP contribution in [0.1, 0.15) is 23.1 Å². The fourth-order valence-corrected chi connectivity index (χ4v) is 1.49. The number of carbonyl (C=O) groups excluding carboxylic acids is 1. The van der Waals surface area contributed by atoms with Crippen molar-refractivity contribution < 1.29 is 9.53 Å². The Balaban J connectivity index is 2.06. The van der Waals surface area contributed by atoms with E-state index in [1.54, 1.807) is 11.7 Å². The van der Waals surface area contributed by atoms with Gasteiger partial charge in [-0.25, -0.2) is 0 Å². The molecule has 0 aromatic carbocycles. The third kappa shape index (κ3) is 2.02. The summed E-state index contributed by atoms with van der Waals surface area (Å²) in [5.74, 6) is -0.0713. The molecule has 1 amide bonds. The van der Waals surface area contributed by atoms with Gasteiger partial charge in [-0.15, -0.1) is 0 Å². The lowest BCUT2D eigenvalue weighted by Gasteiger charge is -2.26. The predicted molar refractivity (Wildman–Crippen MR) is 54.7 cm³/mol. The number of amides is 1. The summed E-state index contributed by atoms with van der Waals surface area (Å²) in [5.41, 5.74) is 1.55. The van der Waals surface area contributed by atoms with E-state index in [4.69, 9.17) is 4.74 Å². The highest BCUT2D eigenvalue weighted by Gasteiger charge is 2.22. The van der Waals surface area contributed by atoms with Crippen molar-refractivity contribution in [3.8, 4) is 0 Å². The fraction of sp³-hybridized carbons (Fsp3) is 0.600. The molecule has 0 saturated carbocycles. The van der Waals surface area contributed by atoms with Gasteiger partial charge in [-0.05, 0) is 12.5 Å². The molecule has 1 N–H and O–H groups in total. The number of aryl methyl sites for hydroxylation is 2. The van der Waals surface area contributed by atoms with Gasteiger partial charge >= 0.3 is 0 Å². The largest absolute Gasteiger partial charge is 0.377 e. The molecule has 1 aromatic rings. The highest BCUT2D eigenvalue weighted by molar-refractivity contribution is 5.92. The Morgan fingerprint density at radius 3 is 2.93 bits per heavy atom. The molecule has 2 rings (SSSR count). The lowest BCUT2D eigenvalue weighted by Crippen LogP contribution is -2.48. The molecule has 5 nitrogen and oxygen atoms in total. The average Bonchev–Trinajstić information content (AvgIpc) is 2.53. The molecule has 0 aliphatic carbocycles. The minimum Gasteiger partial charge on any atom is -0.377 e. The van der Waals surface area contributed by atoms with Gasteiger partial charge in [-0.3, -0.25) is 9.48 Å². The first-order valence-electron chi connectivity index (χ1n) is 5.12. The molecule has 1 aliphatic rings. The standard InChI is InChI=1S/C10H15N3O2/c1-3-7-4-9(13(2)12-7)10(14)11-8-5-15-6-8/h4,8H,3,5-6H2,1-2H3,(H,11,14). The second-order valence-electron chi connectivity index (χ2n) is 3.71. The van der Waals surface area contributed by atoms with Crippen LogP contribution in [0.2, 0.25) is 0 Å². The summed E-state index contributed by atoms with van der Waals surface area (Å²) in [7, 11) is 1.78. The second-order valence-corrected chi connectivity index (χ2v) is 3.71. The fourth-order valence-electron chi connectivity index (χ4n) is 1.49. The van der Waals surface area contributed by atoms with E-state index in [1.807, 2.05) is 13.0 Å². The zero-order valence-electron chi connectivity index (χ0n) is 8.99. The van der Waals surface area contributed by atoms with E-state index in [9.17, 15) is 4.79 Å². The summed E-state index contributed by atoms with van der Waals surface area (Å²) in [6.07, 6.45) is 0.841. The molecule has 1 aromatic heterocycles. The Morgan fingerprint density at radius 2 is 2.47 bits per heavy atom. The molecule has 5 heteroatoms. The van der Waals surface area contributed by atoms with Crippen molar-refractivity contribution in [2.45, 2.75) is 19.4 Å². The molecule has 1 aliphatic heterocycles. The zero-order chi connectivity index (χ0) is 10.8. The van der Waals surface area contributed by atoms with E-state index in [0.29, 0.717) is 18.9 Å². The summed E-state index contributed by atoms with van der Waals surface area (Å²) < 4.78 is 6.61. The summed E-state index contributed by atoms with van der Waals surface area (Å²) >= 11 is 0. The summed E-state index contributed by atoms with van der Waals surface area (Å²) in [4.78, 5) is 11.8. The van der Waals surface area contributed by atoms with Crippen LogP contribution in [-0.4, -0.2) is 34.9 Å². The summed E-state index contributed by atoms with van der Waals surface area (Å²) in [6, 6.07) is 1.99. The summed E-state index contributed by atoms with van der Waals surface area (Å²) in [5, 5.41) is 7.11. The van der Waals surface area contributed by atoms with Gasteiger partial charge in [0.25, 0.3) is 5.91 Å². The number of nitrogens with one attached hydrogen (secondary N) is 1. The van der Waals surface area contributed by atoms with Gasteiger partial charge in [-0.2, -0.15) is 5.10 Å². The molecule has 1 saturated heterocycles. The molecule has 82 valence electrons. The monoisotopic (exact) mass is 209 g/mol. The molecule has 0 radical (unpaired) electrons. The van der Waals surface area contributed by atoms with Gasteiger partial charge in [0, 0.05) is 7.05 Å². The summed E-state index contributed by atoms with van der Waals surface area (Å²) in [6.45, 7) is 3.25. The molecule has 15 heavy (non-hydrogen) atoms. The van der Waals surface area contributed by atoms with Crippen LogP contribution in [-0.2, 0) is 18.2 Å². The number of nitrogens with zero attached hydrogens (tertiary/aromatic N) is 2. The zero-order valence-corrected chi connectivity index (χ0v) is 8.99. The number of hydrogen-bond donors (Lipinski definition) is 1. The topological polar surface area (TPSA) is 56.1 Å². The molecule has 1 fully saturated rings. The second kappa shape index (κ2) is 4.02. The van der Waals surface area contributed by atoms with Crippen molar-refractivity contribution >= 4 is 5.91 Å². The number of rotatable bonds is 3. The number of aromatic nitrogens is 2. The van der Waals surface area contributed by atoms with Crippen LogP contribution in [0.15, 0.2) is 6.07 Å². The third-order valence-corrected chi connectivity index (χ3v) is 2.50. The Bertz CT molecular complexity index is 369. The van der Waals surface area contributed by atoms with Gasteiger partial charge in [0.2, 0.25) is 0 Å². The Morgan fingerprint density at radius 1 is 1.73 bits per heavy atom. The normalized spacial score (nSPS) is 16.1. The maximum Gasteiger partial charge on any atom is 0.269 e. The first-order chi connectivity index (χ1) is 7.20. The van der Waals surface area contributed by atoms with Crippen molar-refractivity contribution in [2.24, 2.45) is 7.05 Å². The van der Waals surface area contributed by atoms with E-state index < -0.39 is 0 Å². The smallest absolute Gasteiger partial charge is 0.269 e. The quantitative estimate of drug-likeness (QED) is 0.768. The minimum atomic E-state index is -0.0713. The molecule has 0 unspecified atom stereocenters. The van der Waals surface area contributed by atoms with Crippen molar-refractivity contribution in [3.63, 3.8) is 0 Å². The van der Waals surface area contributed by atoms with Crippen molar-refractivity contribution in [2.75, 3.05) is 13.2 Å². The SMILES string of the molecule is CCc1cc(C(=O)NC2COC2)n(C)n1. The molecule has 0 atom stereocenters. The molecular formula is C10H15N3O2. The van der Waals surface area contributed by atoms with Crippen LogP contribution in [0.5, 0.6) is 0 Å². The molecule has 0 bridgehead atoms. The maximum atomic E-state index is 11.8. The highest BCUT2D eigenvalue weighted by Crippen LogP contribution is 2.06. The number of hydrogen-bond acceptors (Lipinski definition) is 3. The van der Waals surface area contributed by atoms with Gasteiger partial charge in [0.05, 0.1) is 24.9 Å². The molecule has 2 heterocycles. The van der Waals surface area contributed by atoms with E-state index >= 15 is 0 Å². The van der Waals surface area contributed by atoms with E-state index in [2.05, 4.69) is 10.4 Å². The number of carbonyl (C=O) groups is 1. The van der Waals surface area contributed by atoms with Crippen molar-refractivity contribution in [1.29, 1.82) is 0 Å². The molecular weight excluding hydrogens is 194 g/mol. The van der Waals surface area contributed by atoms with Gasteiger partial charge in [0.15, 0.2) is 0 Å². The Kier molecular flexibility index (Phi) is 2.73. The maximum absolute atomic E-state index is 11.8. The molecule has 0 spiro atoms. The Labute approximate surface area is 88.4 Å². The van der Waals surface area contributed by atoms with E-state index in [0.717, 1.165) is 12.1 Å². The van der Waals surface area contributed by atoms with Gasteiger partial charge in [-0.1, -0.05) is 6.92 Å². The predicted octanol–water partition coefficient (Wildman–Crippen LogP) is 0.111. The first kappa shape index (κ1) is 10.2. The Hall–Kier alpha value is -1.36. The van der Waals surface area contributed by atoms with E-state index in [1.165, 1.54) is 0 Å². The van der Waals surface area contributed by atoms with Crippen LogP contribution in [0.4, 0.5) is 0 Å². The first-order valence-corrected chi connectivity index (χ1v) is 5.12. The van der Waals surface area contributed by atoms with Gasteiger partial charge < -0.3 is 10.1 Å². The van der Waals surface area contributed by atoms with Crippen LogP contribution in [0, 0.1) is 0 Å². The van der Waals surface area contributed by atoms with Crippen LogP contribution in [0.3, 0.4) is 0 Å². The van der Waals surface area contributed by atoms with Crippen LogP contribution >= 0.6 is 0 Å². The van der Waals surface area contributed by atoms with Crippen molar-refractivity contribution in [3.05, 3.63) is 17.5 Å². The minimum absolute atomic E-state index is 0.0713.